The second kappa shape index (κ2) is 4.26. The summed E-state index contributed by atoms with van der Waals surface area (Å²) < 4.78 is 48.6. The predicted molar refractivity (Wildman–Crippen MR) is 62.7 cm³/mol. The number of rotatable bonds is 1. The van der Waals surface area contributed by atoms with E-state index in [1.54, 1.807) is 0 Å². The van der Waals surface area contributed by atoms with E-state index in [-0.39, 0.29) is 40.1 Å². The lowest BCUT2D eigenvalue weighted by Gasteiger charge is -2.33. The Morgan fingerprint density at radius 3 is 2.63 bits per heavy atom. The van der Waals surface area contributed by atoms with Gasteiger partial charge in [-0.05, 0) is 11.8 Å². The number of fused-ring (bicyclic) bond motifs is 2. The van der Waals surface area contributed by atoms with Crippen LogP contribution in [0.2, 0.25) is 0 Å². The van der Waals surface area contributed by atoms with Crippen LogP contribution in [0.25, 0.3) is 0 Å². The molecule has 0 unspecified atom stereocenters. The number of hydrogen-bond acceptors (Lipinski definition) is 5. The van der Waals surface area contributed by atoms with Gasteiger partial charge in [-0.2, -0.15) is 13.2 Å². The highest BCUT2D eigenvalue weighted by atomic mass is 32.2. The third-order valence-corrected chi connectivity index (χ3v) is 3.88. The molecule has 2 heterocycles. The zero-order valence-corrected chi connectivity index (χ0v) is 10.5. The van der Waals surface area contributed by atoms with Crippen LogP contribution in [0.3, 0.4) is 0 Å². The zero-order valence-electron chi connectivity index (χ0n) is 9.66. The average molecular weight is 293 g/mol. The molecule has 104 valence electrons. The number of halogens is 3. The Labute approximate surface area is 111 Å². The molecule has 1 N–H and O–H groups in total. The van der Waals surface area contributed by atoms with Crippen LogP contribution in [-0.2, 0) is 9.47 Å². The van der Waals surface area contributed by atoms with E-state index in [9.17, 15) is 18.3 Å². The van der Waals surface area contributed by atoms with Gasteiger partial charge in [-0.1, -0.05) is 0 Å². The zero-order chi connectivity index (χ0) is 13.7. The molecule has 3 aliphatic rings. The molecule has 4 nitrogen and oxygen atoms in total. The molecule has 0 saturated carbocycles. The summed E-state index contributed by atoms with van der Waals surface area (Å²) in [5.74, 6) is -1.21. The largest absolute Gasteiger partial charge is 0.510 e. The molecule has 0 aromatic carbocycles. The molecule has 1 fully saturated rings. The Hall–Kier alpha value is -0.990. The van der Waals surface area contributed by atoms with Crippen LogP contribution in [0.4, 0.5) is 13.2 Å². The minimum Gasteiger partial charge on any atom is -0.510 e. The molecule has 8 heteroatoms. The highest BCUT2D eigenvalue weighted by molar-refractivity contribution is 8.04. The fraction of sp³-hybridized carbons (Fsp3) is 0.545. The molecule has 0 bridgehead atoms. The average Bonchev–Trinajstić information content (AvgIpc) is 2.91. The monoisotopic (exact) mass is 293 g/mol. The highest BCUT2D eigenvalue weighted by Crippen LogP contribution is 2.50. The third kappa shape index (κ3) is 2.17. The van der Waals surface area contributed by atoms with Gasteiger partial charge in [-0.3, -0.25) is 4.99 Å². The van der Waals surface area contributed by atoms with E-state index >= 15 is 0 Å². The van der Waals surface area contributed by atoms with E-state index in [0.29, 0.717) is 19.6 Å². The molecule has 1 spiro atoms. The molecule has 1 aliphatic carbocycles. The van der Waals surface area contributed by atoms with Crippen molar-refractivity contribution in [2.75, 3.05) is 13.2 Å². The van der Waals surface area contributed by atoms with E-state index in [1.807, 2.05) is 0 Å². The van der Waals surface area contributed by atoms with E-state index in [2.05, 4.69) is 4.99 Å². The summed E-state index contributed by atoms with van der Waals surface area (Å²) in [6, 6.07) is 0. The van der Waals surface area contributed by atoms with Gasteiger partial charge in [0.2, 0.25) is 0 Å². The van der Waals surface area contributed by atoms with Crippen molar-refractivity contribution < 1.29 is 27.8 Å². The van der Waals surface area contributed by atoms with Gasteiger partial charge in [0, 0.05) is 24.0 Å². The number of aliphatic imine (C=N–C) groups is 1. The Balaban J connectivity index is 2.07. The number of hydrogen-bond donors (Lipinski definition) is 1. The van der Waals surface area contributed by atoms with Gasteiger partial charge in [-0.15, -0.1) is 0 Å². The van der Waals surface area contributed by atoms with Crippen molar-refractivity contribution in [1.82, 2.24) is 0 Å². The van der Waals surface area contributed by atoms with Gasteiger partial charge in [0.15, 0.2) is 5.79 Å². The van der Waals surface area contributed by atoms with Crippen LogP contribution in [0.1, 0.15) is 12.8 Å². The Morgan fingerprint density at radius 2 is 2.00 bits per heavy atom. The maximum Gasteiger partial charge on any atom is 0.446 e. The molecule has 0 amide bonds. The topological polar surface area (TPSA) is 51.1 Å². The van der Waals surface area contributed by atoms with Crippen molar-refractivity contribution in [3.63, 3.8) is 0 Å². The van der Waals surface area contributed by atoms with Crippen molar-refractivity contribution >= 4 is 18.0 Å². The van der Waals surface area contributed by atoms with Crippen molar-refractivity contribution in [1.29, 1.82) is 0 Å². The quantitative estimate of drug-likeness (QED) is 0.807. The standard InChI is InChI=1S/C11H10F3NO3S/c12-11(13,14)19-7-5-15-9-6(16)1-2-10(8(7)9)17-3-4-18-10/h5,16H,1-4H2. The molecule has 0 aromatic heterocycles. The van der Waals surface area contributed by atoms with Crippen LogP contribution in [-0.4, -0.2) is 35.8 Å². The first-order valence-corrected chi connectivity index (χ1v) is 6.48. The molecule has 0 atom stereocenters. The van der Waals surface area contributed by atoms with Crippen molar-refractivity contribution in [3.05, 3.63) is 21.9 Å². The van der Waals surface area contributed by atoms with Gasteiger partial charge in [0.25, 0.3) is 0 Å². The van der Waals surface area contributed by atoms with E-state index in [1.165, 1.54) is 0 Å². The van der Waals surface area contributed by atoms with Gasteiger partial charge in [-0.25, -0.2) is 0 Å². The van der Waals surface area contributed by atoms with Crippen LogP contribution >= 0.6 is 11.8 Å². The number of alkyl halides is 3. The van der Waals surface area contributed by atoms with E-state index in [0.717, 1.165) is 6.21 Å². The Bertz CT molecular complexity index is 504. The lowest BCUT2D eigenvalue weighted by atomic mass is 9.91. The first-order valence-electron chi connectivity index (χ1n) is 5.66. The number of nitrogens with zero attached hydrogens (tertiary/aromatic N) is 1. The van der Waals surface area contributed by atoms with Crippen LogP contribution < -0.4 is 0 Å². The molecule has 0 radical (unpaired) electrons. The molecule has 0 aromatic rings. The van der Waals surface area contributed by atoms with Crippen LogP contribution in [0, 0.1) is 0 Å². The number of ether oxygens (including phenoxy) is 2. The maximum atomic E-state index is 12.5. The summed E-state index contributed by atoms with van der Waals surface area (Å²) in [7, 11) is 0. The lowest BCUT2D eigenvalue weighted by molar-refractivity contribution is -0.132. The summed E-state index contributed by atoms with van der Waals surface area (Å²) in [5.41, 5.74) is -4.06. The van der Waals surface area contributed by atoms with Gasteiger partial charge in [0.1, 0.15) is 11.5 Å². The second-order valence-electron chi connectivity index (χ2n) is 4.29. The van der Waals surface area contributed by atoms with E-state index in [4.69, 9.17) is 9.47 Å². The summed E-state index contributed by atoms with van der Waals surface area (Å²) in [6.07, 6.45) is 1.68. The second-order valence-corrected chi connectivity index (χ2v) is 5.40. The maximum absolute atomic E-state index is 12.5. The Morgan fingerprint density at radius 1 is 1.32 bits per heavy atom. The predicted octanol–water partition coefficient (Wildman–Crippen LogP) is 2.88. The van der Waals surface area contributed by atoms with Crippen molar-refractivity contribution in [3.8, 4) is 0 Å². The highest BCUT2D eigenvalue weighted by Gasteiger charge is 2.50. The molecule has 1 saturated heterocycles. The number of aliphatic hydroxyl groups excluding tert-OH is 1. The number of thioether (sulfide) groups is 1. The molecular weight excluding hydrogens is 283 g/mol. The SMILES string of the molecule is OC1=C2N=CC(SC(F)(F)F)=C2C2(CC1)OCCO2. The fourth-order valence-electron chi connectivity index (χ4n) is 2.43. The normalized spacial score (nSPS) is 25.6. The van der Waals surface area contributed by atoms with Crippen molar-refractivity contribution in [2.24, 2.45) is 4.99 Å². The summed E-state index contributed by atoms with van der Waals surface area (Å²) in [6.45, 7) is 0.642. The number of aliphatic hydroxyl groups is 1. The third-order valence-electron chi connectivity index (χ3n) is 3.12. The Kier molecular flexibility index (Phi) is 2.91. The fourth-order valence-corrected chi connectivity index (χ4v) is 3.14. The minimum absolute atomic E-state index is 0.0197. The molecular formula is C11H10F3NO3S. The smallest absolute Gasteiger partial charge is 0.446 e. The summed E-state index contributed by atoms with van der Waals surface area (Å²) in [5, 5.41) is 9.77. The lowest BCUT2D eigenvalue weighted by Crippen LogP contribution is -2.36. The molecule has 2 aliphatic heterocycles. The van der Waals surface area contributed by atoms with Gasteiger partial charge < -0.3 is 14.6 Å². The van der Waals surface area contributed by atoms with Gasteiger partial charge >= 0.3 is 5.51 Å². The summed E-state index contributed by atoms with van der Waals surface area (Å²) >= 11 is -0.262. The number of allylic oxidation sites excluding steroid dienone is 2. The first-order chi connectivity index (χ1) is 8.91. The molecule has 3 rings (SSSR count). The minimum atomic E-state index is -4.42. The summed E-state index contributed by atoms with van der Waals surface area (Å²) in [4.78, 5) is 3.80. The molecule has 19 heavy (non-hydrogen) atoms. The van der Waals surface area contributed by atoms with E-state index < -0.39 is 11.3 Å². The van der Waals surface area contributed by atoms with Gasteiger partial charge in [0.05, 0.1) is 18.8 Å². The van der Waals surface area contributed by atoms with Crippen LogP contribution in [0.5, 0.6) is 0 Å². The van der Waals surface area contributed by atoms with Crippen molar-refractivity contribution in [2.45, 2.75) is 24.1 Å². The van der Waals surface area contributed by atoms with Crippen LogP contribution in [0.15, 0.2) is 26.9 Å². The first kappa shape index (κ1) is 13.0.